The lowest BCUT2D eigenvalue weighted by molar-refractivity contribution is 0.272. The second kappa shape index (κ2) is 6.75. The number of ether oxygens (including phenoxy) is 1. The minimum absolute atomic E-state index is 0.0145. The van der Waals surface area contributed by atoms with Crippen LogP contribution in [0.3, 0.4) is 0 Å². The second-order valence-electron chi connectivity index (χ2n) is 4.80. The van der Waals surface area contributed by atoms with Crippen LogP contribution in [0, 0.1) is 0 Å². The molecule has 118 valence electrons. The fraction of sp³-hybridized carbons (Fsp3) is 0.538. The average molecular weight is 352 g/mol. The lowest BCUT2D eigenvalue weighted by atomic mass is 10.2. The van der Waals surface area contributed by atoms with Gasteiger partial charge in [-0.3, -0.25) is 0 Å². The van der Waals surface area contributed by atoms with Crippen LogP contribution in [0.25, 0.3) is 0 Å². The van der Waals surface area contributed by atoms with Crippen molar-refractivity contribution in [1.29, 1.82) is 0 Å². The topological polar surface area (TPSA) is 66.8 Å². The maximum absolute atomic E-state index is 12.8. The molecule has 5 nitrogen and oxygen atoms in total. The molecule has 0 radical (unpaired) electrons. The molecule has 1 saturated heterocycles. The molecule has 0 aromatic heterocycles. The minimum atomic E-state index is -3.69. The number of nitrogens with zero attached hydrogens (tertiary/aromatic N) is 1. The van der Waals surface area contributed by atoms with Crippen molar-refractivity contribution >= 4 is 33.4 Å². The lowest BCUT2D eigenvalue weighted by Gasteiger charge is -2.30. The van der Waals surface area contributed by atoms with Crippen molar-refractivity contribution in [3.63, 3.8) is 0 Å². The van der Waals surface area contributed by atoms with E-state index in [2.05, 4.69) is 0 Å². The summed E-state index contributed by atoms with van der Waals surface area (Å²) >= 11 is 7.73. The molecular weight excluding hydrogens is 334 g/mol. The third-order valence-electron chi connectivity index (χ3n) is 3.29. The molecule has 1 aromatic carbocycles. The molecule has 21 heavy (non-hydrogen) atoms. The highest BCUT2D eigenvalue weighted by Crippen LogP contribution is 2.35. The van der Waals surface area contributed by atoms with Crippen LogP contribution < -0.4 is 4.74 Å². The SMILES string of the molecule is COc1c(CO)cc(Cl)cc1S(=O)(=O)N1CCSC(C)C1. The van der Waals surface area contributed by atoms with Gasteiger partial charge in [0.15, 0.2) is 0 Å². The Kier molecular flexibility index (Phi) is 5.43. The molecule has 0 aliphatic carbocycles. The maximum Gasteiger partial charge on any atom is 0.246 e. The summed E-state index contributed by atoms with van der Waals surface area (Å²) in [4.78, 5) is 0.0145. The number of halogens is 1. The number of hydrogen-bond donors (Lipinski definition) is 1. The van der Waals surface area contributed by atoms with Gasteiger partial charge in [-0.15, -0.1) is 0 Å². The Morgan fingerprint density at radius 1 is 1.52 bits per heavy atom. The molecule has 1 N–H and O–H groups in total. The second-order valence-corrected chi connectivity index (χ2v) is 8.69. The smallest absolute Gasteiger partial charge is 0.246 e. The van der Waals surface area contributed by atoms with Gasteiger partial charge in [0.25, 0.3) is 0 Å². The zero-order valence-electron chi connectivity index (χ0n) is 11.9. The number of benzene rings is 1. The Hall–Kier alpha value is -0.470. The first-order chi connectivity index (χ1) is 9.90. The number of sulfonamides is 1. The highest BCUT2D eigenvalue weighted by atomic mass is 35.5. The minimum Gasteiger partial charge on any atom is -0.495 e. The van der Waals surface area contributed by atoms with E-state index in [9.17, 15) is 13.5 Å². The summed E-state index contributed by atoms with van der Waals surface area (Å²) in [5.74, 6) is 0.920. The Labute approximate surface area is 134 Å². The molecule has 1 aromatic rings. The largest absolute Gasteiger partial charge is 0.495 e. The summed E-state index contributed by atoms with van der Waals surface area (Å²) in [6, 6.07) is 2.88. The first kappa shape index (κ1) is 16.9. The Morgan fingerprint density at radius 3 is 2.81 bits per heavy atom. The van der Waals surface area contributed by atoms with Gasteiger partial charge in [0, 0.05) is 34.7 Å². The van der Waals surface area contributed by atoms with E-state index in [1.807, 2.05) is 6.92 Å². The van der Waals surface area contributed by atoms with E-state index in [4.69, 9.17) is 16.3 Å². The number of aliphatic hydroxyl groups is 1. The van der Waals surface area contributed by atoms with Crippen LogP contribution >= 0.6 is 23.4 Å². The molecule has 0 saturated carbocycles. The molecule has 1 unspecified atom stereocenters. The van der Waals surface area contributed by atoms with Gasteiger partial charge < -0.3 is 9.84 Å². The van der Waals surface area contributed by atoms with E-state index >= 15 is 0 Å². The van der Waals surface area contributed by atoms with Gasteiger partial charge in [0.1, 0.15) is 10.6 Å². The Balaban J connectivity index is 2.51. The van der Waals surface area contributed by atoms with Crippen LogP contribution in [0.2, 0.25) is 5.02 Å². The zero-order chi connectivity index (χ0) is 15.6. The molecule has 0 amide bonds. The molecule has 1 aliphatic heterocycles. The number of thioether (sulfide) groups is 1. The van der Waals surface area contributed by atoms with Gasteiger partial charge >= 0.3 is 0 Å². The van der Waals surface area contributed by atoms with E-state index in [-0.39, 0.29) is 27.5 Å². The first-order valence-corrected chi connectivity index (χ1v) is 9.36. The van der Waals surface area contributed by atoms with Crippen molar-refractivity contribution in [2.24, 2.45) is 0 Å². The molecule has 8 heteroatoms. The summed E-state index contributed by atoms with van der Waals surface area (Å²) in [5.41, 5.74) is 0.364. The molecule has 0 spiro atoms. The van der Waals surface area contributed by atoms with Gasteiger partial charge in [0.2, 0.25) is 10.0 Å². The fourth-order valence-electron chi connectivity index (χ4n) is 2.31. The van der Waals surface area contributed by atoms with E-state index in [0.29, 0.717) is 18.7 Å². The number of hydrogen-bond acceptors (Lipinski definition) is 5. The van der Waals surface area contributed by atoms with Crippen molar-refractivity contribution in [3.8, 4) is 5.75 Å². The van der Waals surface area contributed by atoms with Crippen molar-refractivity contribution in [2.45, 2.75) is 23.7 Å². The predicted molar refractivity (Wildman–Crippen MR) is 84.6 cm³/mol. The van der Waals surface area contributed by atoms with E-state index < -0.39 is 10.0 Å². The number of rotatable bonds is 4. The molecule has 1 heterocycles. The summed E-state index contributed by atoms with van der Waals surface area (Å²) < 4.78 is 32.3. The molecular formula is C13H18ClNO4S2. The Morgan fingerprint density at radius 2 is 2.24 bits per heavy atom. The molecule has 2 rings (SSSR count). The molecule has 0 bridgehead atoms. The average Bonchev–Trinajstić information content (AvgIpc) is 2.46. The van der Waals surface area contributed by atoms with E-state index in [1.54, 1.807) is 11.8 Å². The molecule has 1 aliphatic rings. The van der Waals surface area contributed by atoms with Gasteiger partial charge in [0.05, 0.1) is 13.7 Å². The van der Waals surface area contributed by atoms with Crippen molar-refractivity contribution in [2.75, 3.05) is 26.0 Å². The predicted octanol–water partition coefficient (Wildman–Crippen LogP) is 1.97. The van der Waals surface area contributed by atoms with Crippen molar-refractivity contribution < 1.29 is 18.3 Å². The van der Waals surface area contributed by atoms with Crippen molar-refractivity contribution in [3.05, 3.63) is 22.7 Å². The highest BCUT2D eigenvalue weighted by molar-refractivity contribution is 8.00. The molecule has 1 fully saturated rings. The third-order valence-corrected chi connectivity index (χ3v) is 6.52. The maximum atomic E-state index is 12.8. The third kappa shape index (κ3) is 3.48. The fourth-order valence-corrected chi connectivity index (χ4v) is 5.59. The highest BCUT2D eigenvalue weighted by Gasteiger charge is 2.32. The number of aliphatic hydroxyl groups excluding tert-OH is 1. The first-order valence-electron chi connectivity index (χ1n) is 6.49. The Bertz CT molecular complexity index is 621. The zero-order valence-corrected chi connectivity index (χ0v) is 14.3. The summed E-state index contributed by atoms with van der Waals surface area (Å²) in [5, 5.41) is 9.87. The number of methoxy groups -OCH3 is 1. The standard InChI is InChI=1S/C13H18ClNO4S2/c1-9-7-15(3-4-20-9)21(17,18)12-6-11(14)5-10(8-16)13(12)19-2/h5-6,9,16H,3-4,7-8H2,1-2H3. The lowest BCUT2D eigenvalue weighted by Crippen LogP contribution is -2.41. The van der Waals surface area contributed by atoms with Gasteiger partial charge in [-0.1, -0.05) is 18.5 Å². The quantitative estimate of drug-likeness (QED) is 0.898. The van der Waals surface area contributed by atoms with Gasteiger partial charge in [-0.05, 0) is 12.1 Å². The van der Waals surface area contributed by atoms with Crippen LogP contribution in [0.15, 0.2) is 17.0 Å². The van der Waals surface area contributed by atoms with Gasteiger partial charge in [-0.25, -0.2) is 8.42 Å². The van der Waals surface area contributed by atoms with Crippen LogP contribution in [0.4, 0.5) is 0 Å². The summed E-state index contributed by atoms with van der Waals surface area (Å²) in [6.07, 6.45) is 0. The normalized spacial score (nSPS) is 20.5. The van der Waals surface area contributed by atoms with Crippen LogP contribution in [0.5, 0.6) is 5.75 Å². The monoisotopic (exact) mass is 351 g/mol. The summed E-state index contributed by atoms with van der Waals surface area (Å²) in [6.45, 7) is 2.58. The van der Waals surface area contributed by atoms with Crippen molar-refractivity contribution in [1.82, 2.24) is 4.31 Å². The van der Waals surface area contributed by atoms with Crippen LogP contribution in [-0.2, 0) is 16.6 Å². The van der Waals surface area contributed by atoms with Gasteiger partial charge in [-0.2, -0.15) is 16.1 Å². The summed E-state index contributed by atoms with van der Waals surface area (Å²) in [7, 11) is -2.31. The molecule has 1 atom stereocenters. The van der Waals surface area contributed by atoms with Crippen LogP contribution in [0.1, 0.15) is 12.5 Å². The van der Waals surface area contributed by atoms with E-state index in [1.165, 1.54) is 23.5 Å². The van der Waals surface area contributed by atoms with Crippen LogP contribution in [-0.4, -0.2) is 49.0 Å². The van der Waals surface area contributed by atoms with E-state index in [0.717, 1.165) is 5.75 Å².